The van der Waals surface area contributed by atoms with Crippen LogP contribution in [0.15, 0.2) is 0 Å². The lowest BCUT2D eigenvalue weighted by molar-refractivity contribution is -0.149. The molecule has 0 aromatic heterocycles. The van der Waals surface area contributed by atoms with Crippen LogP contribution in [0.4, 0.5) is 4.79 Å². The molecule has 6 nitrogen and oxygen atoms in total. The molecule has 2 aliphatic rings. The first-order valence-corrected chi connectivity index (χ1v) is 7.28. The summed E-state index contributed by atoms with van der Waals surface area (Å²) in [4.78, 5) is 24.6. The van der Waals surface area contributed by atoms with Crippen LogP contribution < -0.4 is 5.32 Å². The number of hydrogen-bond donors (Lipinski definition) is 2. The monoisotopic (exact) mass is 284 g/mol. The molecule has 2 unspecified atom stereocenters. The lowest BCUT2D eigenvalue weighted by atomic mass is 9.83. The number of nitrogens with one attached hydrogen (secondary N) is 1. The van der Waals surface area contributed by atoms with Crippen molar-refractivity contribution in [3.63, 3.8) is 0 Å². The number of carbonyl (C=O) groups excluding carboxylic acids is 1. The summed E-state index contributed by atoms with van der Waals surface area (Å²) >= 11 is 0. The molecule has 2 saturated heterocycles. The summed E-state index contributed by atoms with van der Waals surface area (Å²) < 4.78 is 5.36. The first-order valence-electron chi connectivity index (χ1n) is 7.28. The van der Waals surface area contributed by atoms with E-state index in [4.69, 9.17) is 9.84 Å². The number of piperidine rings is 1. The molecule has 0 aromatic carbocycles. The van der Waals surface area contributed by atoms with Crippen LogP contribution in [0.3, 0.4) is 0 Å². The van der Waals surface area contributed by atoms with Crippen molar-refractivity contribution in [3.8, 4) is 0 Å². The van der Waals surface area contributed by atoms with Crippen LogP contribution in [-0.2, 0) is 9.53 Å². The molecule has 2 aliphatic heterocycles. The molecule has 0 bridgehead atoms. The van der Waals surface area contributed by atoms with Gasteiger partial charge in [-0.15, -0.1) is 0 Å². The highest BCUT2D eigenvalue weighted by atomic mass is 16.5. The number of ether oxygens (including phenoxy) is 1. The number of carbonyl (C=O) groups is 2. The number of aliphatic carboxylic acids is 1. The van der Waals surface area contributed by atoms with Crippen molar-refractivity contribution >= 4 is 12.0 Å². The Morgan fingerprint density at radius 3 is 2.50 bits per heavy atom. The molecule has 2 heterocycles. The molecule has 2 fully saturated rings. The zero-order valence-electron chi connectivity index (χ0n) is 12.2. The minimum Gasteiger partial charge on any atom is -0.479 e. The Hall–Kier alpha value is -1.30. The smallest absolute Gasteiger partial charge is 0.332 e. The topological polar surface area (TPSA) is 78.9 Å². The fourth-order valence-electron chi connectivity index (χ4n) is 2.67. The van der Waals surface area contributed by atoms with Crippen LogP contribution in [0, 0.1) is 5.41 Å². The van der Waals surface area contributed by atoms with Gasteiger partial charge >= 0.3 is 12.0 Å². The van der Waals surface area contributed by atoms with Crippen molar-refractivity contribution in [3.05, 3.63) is 0 Å². The summed E-state index contributed by atoms with van der Waals surface area (Å²) in [7, 11) is 0. The number of hydrogen-bond acceptors (Lipinski definition) is 3. The Morgan fingerprint density at radius 1 is 1.30 bits per heavy atom. The number of carboxylic acids is 1. The van der Waals surface area contributed by atoms with Crippen LogP contribution in [-0.4, -0.2) is 53.8 Å². The van der Waals surface area contributed by atoms with Crippen LogP contribution >= 0.6 is 0 Å². The highest BCUT2D eigenvalue weighted by molar-refractivity contribution is 5.74. The van der Waals surface area contributed by atoms with Gasteiger partial charge in [-0.1, -0.05) is 13.8 Å². The van der Waals surface area contributed by atoms with Crippen molar-refractivity contribution < 1.29 is 19.4 Å². The SMILES string of the molecule is CC1(C)CCN(C(=O)NCC2CCC(C(=O)O)O2)CC1. The first kappa shape index (κ1) is 15.1. The Balaban J connectivity index is 1.70. The molecule has 2 atom stereocenters. The number of carboxylic acid groups (broad SMARTS) is 1. The third-order valence-electron chi connectivity index (χ3n) is 4.27. The number of nitrogens with zero attached hydrogens (tertiary/aromatic N) is 1. The van der Waals surface area contributed by atoms with E-state index in [1.165, 1.54) is 0 Å². The van der Waals surface area contributed by atoms with E-state index in [2.05, 4.69) is 19.2 Å². The molecule has 6 heteroatoms. The molecular weight excluding hydrogens is 260 g/mol. The van der Waals surface area contributed by atoms with Crippen LogP contribution in [0.2, 0.25) is 0 Å². The first-order chi connectivity index (χ1) is 9.37. The second kappa shape index (κ2) is 5.99. The average molecular weight is 284 g/mol. The van der Waals surface area contributed by atoms with Crippen LogP contribution in [0.5, 0.6) is 0 Å². The number of rotatable bonds is 3. The molecule has 0 aliphatic carbocycles. The zero-order valence-corrected chi connectivity index (χ0v) is 12.2. The van der Waals surface area contributed by atoms with E-state index in [1.54, 1.807) is 0 Å². The van der Waals surface area contributed by atoms with Gasteiger partial charge in [0, 0.05) is 19.6 Å². The van der Waals surface area contributed by atoms with Gasteiger partial charge in [-0.3, -0.25) is 0 Å². The molecule has 20 heavy (non-hydrogen) atoms. The van der Waals surface area contributed by atoms with Gasteiger partial charge in [0.2, 0.25) is 0 Å². The highest BCUT2D eigenvalue weighted by Gasteiger charge is 2.32. The number of urea groups is 1. The predicted molar refractivity (Wildman–Crippen MR) is 73.5 cm³/mol. The highest BCUT2D eigenvalue weighted by Crippen LogP contribution is 2.29. The van der Waals surface area contributed by atoms with Gasteiger partial charge in [0.1, 0.15) is 0 Å². The summed E-state index contributed by atoms with van der Waals surface area (Å²) in [6, 6.07) is -0.0668. The minimum absolute atomic E-state index is 0.0668. The van der Waals surface area contributed by atoms with Crippen molar-refractivity contribution in [2.45, 2.75) is 51.7 Å². The van der Waals surface area contributed by atoms with Crippen LogP contribution in [0.25, 0.3) is 0 Å². The van der Waals surface area contributed by atoms with E-state index in [1.807, 2.05) is 4.90 Å². The van der Waals surface area contributed by atoms with Crippen molar-refractivity contribution in [2.75, 3.05) is 19.6 Å². The Labute approximate surface area is 119 Å². The minimum atomic E-state index is -0.919. The van der Waals surface area contributed by atoms with Gasteiger partial charge in [-0.2, -0.15) is 0 Å². The van der Waals surface area contributed by atoms with Gasteiger partial charge in [0.15, 0.2) is 6.10 Å². The predicted octanol–water partition coefficient (Wildman–Crippen LogP) is 1.45. The Kier molecular flexibility index (Phi) is 4.52. The quantitative estimate of drug-likeness (QED) is 0.822. The van der Waals surface area contributed by atoms with Gasteiger partial charge in [-0.05, 0) is 31.1 Å². The molecular formula is C14H24N2O4. The third-order valence-corrected chi connectivity index (χ3v) is 4.27. The van der Waals surface area contributed by atoms with E-state index in [-0.39, 0.29) is 12.1 Å². The van der Waals surface area contributed by atoms with E-state index in [9.17, 15) is 9.59 Å². The molecule has 0 aromatic rings. The molecule has 2 N–H and O–H groups in total. The van der Waals surface area contributed by atoms with Crippen molar-refractivity contribution in [1.82, 2.24) is 10.2 Å². The summed E-state index contributed by atoms with van der Waals surface area (Å²) in [6.45, 7) is 6.40. The maximum Gasteiger partial charge on any atom is 0.332 e. The summed E-state index contributed by atoms with van der Waals surface area (Å²) in [5, 5.41) is 11.7. The number of amides is 2. The molecule has 0 saturated carbocycles. The summed E-state index contributed by atoms with van der Waals surface area (Å²) in [5.41, 5.74) is 0.319. The second-order valence-corrected chi connectivity index (χ2v) is 6.50. The van der Waals surface area contributed by atoms with E-state index in [0.29, 0.717) is 24.8 Å². The third kappa shape index (κ3) is 3.85. The standard InChI is InChI=1S/C14H24N2O4/c1-14(2)5-7-16(8-6-14)13(19)15-9-10-3-4-11(20-10)12(17)18/h10-11H,3-9H2,1-2H3,(H,15,19)(H,17,18). The maximum absolute atomic E-state index is 12.0. The van der Waals surface area contributed by atoms with Crippen molar-refractivity contribution in [2.24, 2.45) is 5.41 Å². The largest absolute Gasteiger partial charge is 0.479 e. The second-order valence-electron chi connectivity index (χ2n) is 6.50. The fraction of sp³-hybridized carbons (Fsp3) is 0.857. The van der Waals surface area contributed by atoms with Gasteiger partial charge in [0.25, 0.3) is 0 Å². The van der Waals surface area contributed by atoms with E-state index < -0.39 is 12.1 Å². The maximum atomic E-state index is 12.0. The molecule has 2 amide bonds. The van der Waals surface area contributed by atoms with Gasteiger partial charge in [-0.25, -0.2) is 9.59 Å². The van der Waals surface area contributed by atoms with Crippen LogP contribution in [0.1, 0.15) is 39.5 Å². The lowest BCUT2D eigenvalue weighted by Gasteiger charge is -2.36. The molecule has 0 spiro atoms. The van der Waals surface area contributed by atoms with Crippen molar-refractivity contribution in [1.29, 1.82) is 0 Å². The van der Waals surface area contributed by atoms with E-state index >= 15 is 0 Å². The van der Waals surface area contributed by atoms with Gasteiger partial charge < -0.3 is 20.1 Å². The lowest BCUT2D eigenvalue weighted by Crippen LogP contribution is -2.47. The molecule has 2 rings (SSSR count). The Morgan fingerprint density at radius 2 is 1.95 bits per heavy atom. The Bertz CT molecular complexity index is 373. The molecule has 0 radical (unpaired) electrons. The number of likely N-dealkylation sites (tertiary alicyclic amines) is 1. The normalized spacial score (nSPS) is 29.2. The average Bonchev–Trinajstić information content (AvgIpc) is 2.85. The summed E-state index contributed by atoms with van der Waals surface area (Å²) in [5.74, 6) is -0.919. The molecule has 114 valence electrons. The van der Waals surface area contributed by atoms with Gasteiger partial charge in [0.05, 0.1) is 6.10 Å². The summed E-state index contributed by atoms with van der Waals surface area (Å²) in [6.07, 6.45) is 2.34. The van der Waals surface area contributed by atoms with E-state index in [0.717, 1.165) is 25.9 Å². The zero-order chi connectivity index (χ0) is 14.8. The fourth-order valence-corrected chi connectivity index (χ4v) is 2.67.